The zero-order valence-corrected chi connectivity index (χ0v) is 22.0. The number of nitrogens with zero attached hydrogens (tertiary/aromatic N) is 3. The second-order valence-electron chi connectivity index (χ2n) is 9.13. The van der Waals surface area contributed by atoms with Gasteiger partial charge in [-0.05, 0) is 25.2 Å². The topological polar surface area (TPSA) is 181 Å². The number of unbranched alkanes of at least 4 members (excludes halogenated alkanes) is 1. The second-order valence-corrected chi connectivity index (χ2v) is 9.13. The summed E-state index contributed by atoms with van der Waals surface area (Å²) < 4.78 is 17.6. The molecule has 1 amide bonds. The van der Waals surface area contributed by atoms with Crippen LogP contribution in [0, 0.1) is 11.8 Å². The Bertz CT molecular complexity index is 1100. The molecule has 0 aliphatic rings. The molecule has 0 bridgehead atoms. The molecule has 2 aromatic rings. The summed E-state index contributed by atoms with van der Waals surface area (Å²) in [7, 11) is 0. The molecule has 0 radical (unpaired) electrons. The minimum Gasteiger partial charge on any atom is -0.465 e. The summed E-state index contributed by atoms with van der Waals surface area (Å²) in [6.45, 7) is 8.10. The number of anilines is 1. The minimum atomic E-state index is -0.869. The zero-order chi connectivity index (χ0) is 27.4. The van der Waals surface area contributed by atoms with E-state index in [1.165, 1.54) is 6.33 Å². The molecule has 0 spiro atoms. The van der Waals surface area contributed by atoms with Gasteiger partial charge in [-0.2, -0.15) is 4.98 Å². The standard InChI is InChI=1S/C24H38N6O7/c1-5-7-10-36-24(34)27-18(15(3)4)22(33)35-11-9-16(13-37-17(31)8-6-2)12-30-14-26-19-20(30)28-23(25)29-21(19)32/h14-16,18H,5-13H2,1-4H3,(H,27,34)(H3,25,28,29,32)/t16?,18-/m0/s1. The van der Waals surface area contributed by atoms with Gasteiger partial charge in [-0.1, -0.05) is 34.1 Å². The summed E-state index contributed by atoms with van der Waals surface area (Å²) in [4.78, 5) is 59.4. The maximum absolute atomic E-state index is 12.7. The first-order chi connectivity index (χ1) is 17.7. The number of ether oxygens (including phenoxy) is 3. The minimum absolute atomic E-state index is 0.0212. The van der Waals surface area contributed by atoms with Crippen molar-refractivity contribution < 1.29 is 28.6 Å². The van der Waals surface area contributed by atoms with Gasteiger partial charge in [0.15, 0.2) is 11.2 Å². The monoisotopic (exact) mass is 522 g/mol. The molecule has 0 saturated carbocycles. The molecule has 2 atom stereocenters. The fourth-order valence-electron chi connectivity index (χ4n) is 3.49. The van der Waals surface area contributed by atoms with E-state index < -0.39 is 23.7 Å². The number of aromatic amines is 1. The van der Waals surface area contributed by atoms with Crippen LogP contribution in [0.1, 0.15) is 59.8 Å². The van der Waals surface area contributed by atoms with Gasteiger partial charge in [-0.3, -0.25) is 14.6 Å². The van der Waals surface area contributed by atoms with Gasteiger partial charge in [0, 0.05) is 18.9 Å². The second kappa shape index (κ2) is 14.8. The Kier molecular flexibility index (Phi) is 11.8. The van der Waals surface area contributed by atoms with Crippen LogP contribution in [-0.2, 0) is 30.3 Å². The summed E-state index contributed by atoms with van der Waals surface area (Å²) in [6, 6.07) is -0.869. The molecule has 0 fully saturated rings. The molecule has 13 heteroatoms. The third kappa shape index (κ3) is 9.39. The van der Waals surface area contributed by atoms with Crippen molar-refractivity contribution in [2.24, 2.45) is 11.8 Å². The fraction of sp³-hybridized carbons (Fsp3) is 0.667. The zero-order valence-electron chi connectivity index (χ0n) is 22.0. The van der Waals surface area contributed by atoms with E-state index in [2.05, 4.69) is 20.3 Å². The lowest BCUT2D eigenvalue weighted by molar-refractivity contribution is -0.149. The molecule has 4 N–H and O–H groups in total. The number of hydrogen-bond acceptors (Lipinski definition) is 10. The molecule has 206 valence electrons. The SMILES string of the molecule is CCCCOC(=O)N[C@H](C(=O)OCCC(COC(=O)CCC)Cn1cnc2c(=O)[nH]c(N)nc21)C(C)C. The molecule has 2 aromatic heterocycles. The lowest BCUT2D eigenvalue weighted by Crippen LogP contribution is -2.45. The van der Waals surface area contributed by atoms with Gasteiger partial charge in [-0.15, -0.1) is 0 Å². The average molecular weight is 523 g/mol. The Labute approximate surface area is 215 Å². The van der Waals surface area contributed by atoms with E-state index in [0.717, 1.165) is 12.8 Å². The smallest absolute Gasteiger partial charge is 0.407 e. The van der Waals surface area contributed by atoms with Crippen LogP contribution in [0.25, 0.3) is 11.2 Å². The van der Waals surface area contributed by atoms with Crippen LogP contribution in [0.2, 0.25) is 0 Å². The van der Waals surface area contributed by atoms with Gasteiger partial charge >= 0.3 is 18.0 Å². The van der Waals surface area contributed by atoms with Gasteiger partial charge in [0.25, 0.3) is 5.56 Å². The molecule has 0 aliphatic heterocycles. The lowest BCUT2D eigenvalue weighted by Gasteiger charge is -2.22. The average Bonchev–Trinajstić information content (AvgIpc) is 3.23. The van der Waals surface area contributed by atoms with Crippen molar-refractivity contribution in [3.05, 3.63) is 16.7 Å². The molecule has 0 aromatic carbocycles. The van der Waals surface area contributed by atoms with E-state index in [0.29, 0.717) is 31.5 Å². The van der Waals surface area contributed by atoms with E-state index in [-0.39, 0.29) is 49.1 Å². The van der Waals surface area contributed by atoms with Crippen LogP contribution in [0.4, 0.5) is 10.7 Å². The van der Waals surface area contributed by atoms with Crippen LogP contribution in [0.5, 0.6) is 0 Å². The number of hydrogen-bond donors (Lipinski definition) is 3. The van der Waals surface area contributed by atoms with Crippen LogP contribution >= 0.6 is 0 Å². The summed E-state index contributed by atoms with van der Waals surface area (Å²) in [5.41, 5.74) is 5.66. The van der Waals surface area contributed by atoms with Crippen LogP contribution in [-0.4, -0.2) is 63.4 Å². The first-order valence-electron chi connectivity index (χ1n) is 12.6. The van der Waals surface area contributed by atoms with Crippen molar-refractivity contribution in [3.8, 4) is 0 Å². The normalized spacial score (nSPS) is 12.8. The highest BCUT2D eigenvalue weighted by molar-refractivity contribution is 5.81. The number of fused-ring (bicyclic) bond motifs is 1. The molecular weight excluding hydrogens is 484 g/mol. The highest BCUT2D eigenvalue weighted by Crippen LogP contribution is 2.15. The van der Waals surface area contributed by atoms with Gasteiger partial charge in [0.1, 0.15) is 6.04 Å². The van der Waals surface area contributed by atoms with Crippen molar-refractivity contribution in [2.75, 3.05) is 25.6 Å². The number of alkyl carbamates (subject to hydrolysis) is 1. The Morgan fingerprint density at radius 1 is 1.14 bits per heavy atom. The van der Waals surface area contributed by atoms with E-state index in [4.69, 9.17) is 19.9 Å². The Morgan fingerprint density at radius 2 is 1.89 bits per heavy atom. The number of carbonyl (C=O) groups is 3. The lowest BCUT2D eigenvalue weighted by atomic mass is 10.0. The summed E-state index contributed by atoms with van der Waals surface area (Å²) in [5, 5.41) is 2.56. The number of rotatable bonds is 15. The van der Waals surface area contributed by atoms with Gasteiger partial charge < -0.3 is 29.8 Å². The quantitative estimate of drug-likeness (QED) is 0.178. The van der Waals surface area contributed by atoms with Crippen molar-refractivity contribution in [1.29, 1.82) is 0 Å². The summed E-state index contributed by atoms with van der Waals surface area (Å²) in [6.07, 6.45) is 3.70. The van der Waals surface area contributed by atoms with E-state index in [1.54, 1.807) is 18.4 Å². The van der Waals surface area contributed by atoms with Crippen LogP contribution in [0.15, 0.2) is 11.1 Å². The van der Waals surface area contributed by atoms with Crippen molar-refractivity contribution in [2.45, 2.75) is 72.4 Å². The molecule has 13 nitrogen and oxygen atoms in total. The third-order valence-corrected chi connectivity index (χ3v) is 5.58. The number of nitrogens with one attached hydrogen (secondary N) is 2. The predicted molar refractivity (Wildman–Crippen MR) is 136 cm³/mol. The van der Waals surface area contributed by atoms with Crippen molar-refractivity contribution in [3.63, 3.8) is 0 Å². The number of imidazole rings is 1. The number of nitrogens with two attached hydrogens (primary N) is 1. The highest BCUT2D eigenvalue weighted by Gasteiger charge is 2.27. The van der Waals surface area contributed by atoms with E-state index in [9.17, 15) is 19.2 Å². The molecule has 0 aliphatic carbocycles. The Morgan fingerprint density at radius 3 is 2.57 bits per heavy atom. The van der Waals surface area contributed by atoms with E-state index >= 15 is 0 Å². The molecular formula is C24H38N6O7. The Hall–Kier alpha value is -3.64. The summed E-state index contributed by atoms with van der Waals surface area (Å²) in [5.74, 6) is -1.45. The number of esters is 2. The fourth-order valence-corrected chi connectivity index (χ4v) is 3.49. The molecule has 1 unspecified atom stereocenters. The molecule has 2 heterocycles. The van der Waals surface area contributed by atoms with Crippen LogP contribution in [0.3, 0.4) is 0 Å². The van der Waals surface area contributed by atoms with E-state index in [1.807, 2.05) is 13.8 Å². The van der Waals surface area contributed by atoms with Crippen molar-refractivity contribution >= 4 is 35.1 Å². The molecule has 0 saturated heterocycles. The number of amides is 1. The summed E-state index contributed by atoms with van der Waals surface area (Å²) >= 11 is 0. The first-order valence-corrected chi connectivity index (χ1v) is 12.6. The molecule has 37 heavy (non-hydrogen) atoms. The number of nitrogen functional groups attached to an aromatic ring is 1. The molecule has 2 rings (SSSR count). The maximum atomic E-state index is 12.7. The van der Waals surface area contributed by atoms with Gasteiger partial charge in [0.05, 0.1) is 26.1 Å². The predicted octanol–water partition coefficient (Wildman–Crippen LogP) is 2.15. The van der Waals surface area contributed by atoms with Crippen molar-refractivity contribution in [1.82, 2.24) is 24.8 Å². The maximum Gasteiger partial charge on any atom is 0.407 e. The third-order valence-electron chi connectivity index (χ3n) is 5.58. The first kappa shape index (κ1) is 29.6. The number of H-pyrrole nitrogens is 1. The number of aromatic nitrogens is 4. The van der Waals surface area contributed by atoms with Gasteiger partial charge in [0.2, 0.25) is 5.95 Å². The van der Waals surface area contributed by atoms with Gasteiger partial charge in [-0.25, -0.2) is 14.6 Å². The van der Waals surface area contributed by atoms with Crippen LogP contribution < -0.4 is 16.6 Å². The largest absolute Gasteiger partial charge is 0.465 e. The number of carbonyl (C=O) groups excluding carboxylic acids is 3. The highest BCUT2D eigenvalue weighted by atomic mass is 16.6. The Balaban J connectivity index is 2.04.